The molecule has 0 spiro atoms. The summed E-state index contributed by atoms with van der Waals surface area (Å²) in [5.41, 5.74) is 2.76. The maximum absolute atomic E-state index is 13.8. The summed E-state index contributed by atoms with van der Waals surface area (Å²) in [5.74, 6) is 0.955. The Bertz CT molecular complexity index is 1170. The first-order valence-electron chi connectivity index (χ1n) is 10.3. The van der Waals surface area contributed by atoms with E-state index >= 15 is 0 Å². The second-order valence-corrected chi connectivity index (χ2v) is 9.86. The lowest BCUT2D eigenvalue weighted by Crippen LogP contribution is -2.38. The van der Waals surface area contributed by atoms with Gasteiger partial charge in [0.2, 0.25) is 0 Å². The summed E-state index contributed by atoms with van der Waals surface area (Å²) in [6.07, 6.45) is 0.868. The minimum atomic E-state index is -0.0709. The molecule has 0 fully saturated rings. The van der Waals surface area contributed by atoms with Crippen LogP contribution in [0.2, 0.25) is 0 Å². The molecule has 4 rings (SSSR count). The van der Waals surface area contributed by atoms with Crippen molar-refractivity contribution in [2.24, 2.45) is 0 Å². The molecule has 1 amide bonds. The predicted octanol–water partition coefficient (Wildman–Crippen LogP) is 6.33. The molecule has 31 heavy (non-hydrogen) atoms. The SMILES string of the molecule is CCC(C)N(Cc1ccccc1)C(=O)c1oc2ccccc2c1CSc1nnc(C)s1. The van der Waals surface area contributed by atoms with Gasteiger partial charge in [0, 0.05) is 29.3 Å². The van der Waals surface area contributed by atoms with Crippen molar-refractivity contribution in [2.45, 2.75) is 49.9 Å². The van der Waals surface area contributed by atoms with Crippen molar-refractivity contribution in [3.8, 4) is 0 Å². The fraction of sp³-hybridized carbons (Fsp3) is 0.292. The quantitative estimate of drug-likeness (QED) is 0.293. The van der Waals surface area contributed by atoms with Crippen LogP contribution in [-0.2, 0) is 12.3 Å². The fourth-order valence-electron chi connectivity index (χ4n) is 3.44. The van der Waals surface area contributed by atoms with Gasteiger partial charge in [0.15, 0.2) is 10.1 Å². The van der Waals surface area contributed by atoms with E-state index in [0.717, 1.165) is 37.9 Å². The first kappa shape index (κ1) is 21.6. The standard InChI is InChI=1S/C24H25N3O2S2/c1-4-16(2)27(14-18-10-6-5-7-11-18)23(28)22-20(15-30-24-26-25-17(3)31-24)19-12-8-9-13-21(19)29-22/h5-13,16H,4,14-15H2,1-3H3. The zero-order valence-corrected chi connectivity index (χ0v) is 19.5. The largest absolute Gasteiger partial charge is 0.451 e. The molecule has 160 valence electrons. The number of fused-ring (bicyclic) bond motifs is 1. The van der Waals surface area contributed by atoms with Crippen LogP contribution in [0.1, 0.15) is 47.0 Å². The van der Waals surface area contributed by atoms with Crippen molar-refractivity contribution in [3.63, 3.8) is 0 Å². The molecule has 2 aromatic carbocycles. The van der Waals surface area contributed by atoms with E-state index in [4.69, 9.17) is 4.42 Å². The minimum Gasteiger partial charge on any atom is -0.451 e. The van der Waals surface area contributed by atoms with Crippen LogP contribution < -0.4 is 0 Å². The van der Waals surface area contributed by atoms with E-state index in [1.807, 2.05) is 54.3 Å². The number of carbonyl (C=O) groups is 1. The summed E-state index contributed by atoms with van der Waals surface area (Å²) < 4.78 is 7.02. The molecule has 0 N–H and O–H groups in total. The second-order valence-electron chi connectivity index (χ2n) is 7.46. The number of hydrogen-bond donors (Lipinski definition) is 0. The third-order valence-electron chi connectivity index (χ3n) is 5.32. The van der Waals surface area contributed by atoms with Gasteiger partial charge in [0.05, 0.1) is 0 Å². The average Bonchev–Trinajstić information content (AvgIpc) is 3.38. The normalized spacial score (nSPS) is 12.2. The molecule has 0 saturated carbocycles. The van der Waals surface area contributed by atoms with Crippen LogP contribution in [-0.4, -0.2) is 27.0 Å². The van der Waals surface area contributed by atoms with Gasteiger partial charge in [-0.15, -0.1) is 10.2 Å². The number of hydrogen-bond acceptors (Lipinski definition) is 6. The third-order valence-corrected chi connectivity index (χ3v) is 7.32. The topological polar surface area (TPSA) is 59.2 Å². The molecule has 2 heterocycles. The van der Waals surface area contributed by atoms with Crippen molar-refractivity contribution in [1.29, 1.82) is 0 Å². The number of para-hydroxylation sites is 1. The van der Waals surface area contributed by atoms with Crippen LogP contribution >= 0.6 is 23.1 Å². The molecule has 5 nitrogen and oxygen atoms in total. The van der Waals surface area contributed by atoms with Crippen LogP contribution in [0.25, 0.3) is 11.0 Å². The molecule has 0 radical (unpaired) electrons. The first-order chi connectivity index (χ1) is 15.1. The van der Waals surface area contributed by atoms with Crippen molar-refractivity contribution in [3.05, 3.63) is 76.5 Å². The Morgan fingerprint density at radius 1 is 1.13 bits per heavy atom. The van der Waals surface area contributed by atoms with Gasteiger partial charge >= 0.3 is 0 Å². The first-order valence-corrected chi connectivity index (χ1v) is 12.1. The molecule has 1 atom stereocenters. The van der Waals surface area contributed by atoms with E-state index in [9.17, 15) is 4.79 Å². The maximum Gasteiger partial charge on any atom is 0.290 e. The van der Waals surface area contributed by atoms with Gasteiger partial charge in [-0.1, -0.05) is 78.6 Å². The Hall–Kier alpha value is -2.64. The Morgan fingerprint density at radius 2 is 1.87 bits per heavy atom. The smallest absolute Gasteiger partial charge is 0.290 e. The number of amides is 1. The molecular formula is C24H25N3O2S2. The Kier molecular flexibility index (Phi) is 6.73. The van der Waals surface area contributed by atoms with Gasteiger partial charge in [0.25, 0.3) is 5.91 Å². The Labute approximate surface area is 190 Å². The summed E-state index contributed by atoms with van der Waals surface area (Å²) in [6, 6.07) is 18.0. The van der Waals surface area contributed by atoms with E-state index in [1.165, 1.54) is 0 Å². The number of aromatic nitrogens is 2. The van der Waals surface area contributed by atoms with E-state index in [2.05, 4.69) is 36.2 Å². The zero-order valence-electron chi connectivity index (χ0n) is 17.9. The summed E-state index contributed by atoms with van der Waals surface area (Å²) in [4.78, 5) is 15.7. The summed E-state index contributed by atoms with van der Waals surface area (Å²) in [6.45, 7) is 6.68. The highest BCUT2D eigenvalue weighted by molar-refractivity contribution is 8.00. The molecule has 0 saturated heterocycles. The number of carbonyl (C=O) groups excluding carboxylic acids is 1. The number of aryl methyl sites for hydroxylation is 1. The monoisotopic (exact) mass is 451 g/mol. The van der Waals surface area contributed by atoms with Crippen molar-refractivity contribution >= 4 is 40.0 Å². The fourth-order valence-corrected chi connectivity index (χ4v) is 5.29. The molecule has 1 unspecified atom stereocenters. The van der Waals surface area contributed by atoms with Crippen LogP contribution in [0.3, 0.4) is 0 Å². The summed E-state index contributed by atoms with van der Waals surface area (Å²) in [5, 5.41) is 10.2. The maximum atomic E-state index is 13.8. The average molecular weight is 452 g/mol. The number of benzene rings is 2. The van der Waals surface area contributed by atoms with Crippen LogP contribution in [0.5, 0.6) is 0 Å². The minimum absolute atomic E-state index is 0.0709. The van der Waals surface area contributed by atoms with E-state index in [0.29, 0.717) is 18.1 Å². The van der Waals surface area contributed by atoms with Gasteiger partial charge in [0.1, 0.15) is 10.6 Å². The molecular weight excluding hydrogens is 426 g/mol. The molecule has 0 aliphatic heterocycles. The lowest BCUT2D eigenvalue weighted by Gasteiger charge is -2.28. The number of rotatable bonds is 8. The van der Waals surface area contributed by atoms with Crippen LogP contribution in [0.4, 0.5) is 0 Å². The van der Waals surface area contributed by atoms with Crippen LogP contribution in [0.15, 0.2) is 63.4 Å². The number of nitrogens with zero attached hydrogens (tertiary/aromatic N) is 3. The van der Waals surface area contributed by atoms with E-state index in [1.54, 1.807) is 23.1 Å². The van der Waals surface area contributed by atoms with Crippen molar-refractivity contribution in [2.75, 3.05) is 0 Å². The predicted molar refractivity (Wildman–Crippen MR) is 126 cm³/mol. The van der Waals surface area contributed by atoms with E-state index in [-0.39, 0.29) is 11.9 Å². The molecule has 2 aromatic heterocycles. The molecule has 0 aliphatic carbocycles. The van der Waals surface area contributed by atoms with Crippen molar-refractivity contribution in [1.82, 2.24) is 15.1 Å². The lowest BCUT2D eigenvalue weighted by atomic mass is 10.1. The molecule has 0 aliphatic rings. The van der Waals surface area contributed by atoms with Gasteiger partial charge in [-0.25, -0.2) is 0 Å². The van der Waals surface area contributed by atoms with Gasteiger partial charge < -0.3 is 9.32 Å². The van der Waals surface area contributed by atoms with Gasteiger partial charge in [-0.3, -0.25) is 4.79 Å². The summed E-state index contributed by atoms with van der Waals surface area (Å²) >= 11 is 3.15. The lowest BCUT2D eigenvalue weighted by molar-refractivity contribution is 0.0640. The zero-order chi connectivity index (χ0) is 21.8. The number of thioether (sulfide) groups is 1. The second kappa shape index (κ2) is 9.66. The van der Waals surface area contributed by atoms with Crippen molar-refractivity contribution < 1.29 is 9.21 Å². The summed E-state index contributed by atoms with van der Waals surface area (Å²) in [7, 11) is 0. The van der Waals surface area contributed by atoms with Gasteiger partial charge in [-0.2, -0.15) is 0 Å². The molecule has 7 heteroatoms. The van der Waals surface area contributed by atoms with E-state index < -0.39 is 0 Å². The highest BCUT2D eigenvalue weighted by Crippen LogP contribution is 2.34. The Morgan fingerprint density at radius 3 is 2.58 bits per heavy atom. The molecule has 0 bridgehead atoms. The highest BCUT2D eigenvalue weighted by Gasteiger charge is 2.28. The van der Waals surface area contributed by atoms with Gasteiger partial charge in [-0.05, 0) is 31.9 Å². The highest BCUT2D eigenvalue weighted by atomic mass is 32.2. The van der Waals surface area contributed by atoms with Crippen LogP contribution in [0, 0.1) is 6.92 Å². The Balaban J connectivity index is 1.69. The molecule has 4 aromatic rings. The third kappa shape index (κ3) is 4.83. The number of furan rings is 1.